The van der Waals surface area contributed by atoms with E-state index in [1.807, 2.05) is 30.3 Å². The molecule has 1 saturated heterocycles. The standard InChI is InChI=1S/C21H23Cl3N2O/c22-17-6-4-15(5-7-17)21(27)16-8-11-26(12-9-16)13-10-25-14-18-19(23)2-1-3-20(18)24/h1-7,16,25H,8-14H2. The Morgan fingerprint density at radius 1 is 1.00 bits per heavy atom. The van der Waals surface area contributed by atoms with Gasteiger partial charge in [0.15, 0.2) is 5.78 Å². The SMILES string of the molecule is O=C(c1ccc(Cl)cc1)C1CCN(CCNCc2c(Cl)cccc2Cl)CC1. The van der Waals surface area contributed by atoms with Crippen molar-refractivity contribution in [2.24, 2.45) is 5.92 Å². The van der Waals surface area contributed by atoms with E-state index in [4.69, 9.17) is 34.8 Å². The molecule has 1 fully saturated rings. The predicted octanol–water partition coefficient (Wildman–Crippen LogP) is 5.33. The topological polar surface area (TPSA) is 32.3 Å². The summed E-state index contributed by atoms with van der Waals surface area (Å²) in [6.07, 6.45) is 1.80. The van der Waals surface area contributed by atoms with Crippen molar-refractivity contribution < 1.29 is 4.79 Å². The van der Waals surface area contributed by atoms with Crippen LogP contribution in [0.1, 0.15) is 28.8 Å². The number of carbonyl (C=O) groups excluding carboxylic acids is 1. The van der Waals surface area contributed by atoms with Crippen molar-refractivity contribution >= 4 is 40.6 Å². The fraction of sp³-hybridized carbons (Fsp3) is 0.381. The quantitative estimate of drug-likeness (QED) is 0.480. The van der Waals surface area contributed by atoms with Crippen molar-refractivity contribution in [3.8, 4) is 0 Å². The fourth-order valence-corrected chi connectivity index (χ4v) is 4.08. The average Bonchev–Trinajstić information content (AvgIpc) is 2.67. The zero-order chi connectivity index (χ0) is 19.2. The van der Waals surface area contributed by atoms with Crippen molar-refractivity contribution in [3.05, 3.63) is 68.7 Å². The van der Waals surface area contributed by atoms with Gasteiger partial charge in [-0.15, -0.1) is 0 Å². The Hall–Kier alpha value is -1.10. The summed E-state index contributed by atoms with van der Waals surface area (Å²) in [4.78, 5) is 15.0. The number of rotatable bonds is 7. The second kappa shape index (κ2) is 9.90. The van der Waals surface area contributed by atoms with Crippen LogP contribution in [0.2, 0.25) is 15.1 Å². The molecule has 0 aromatic heterocycles. The van der Waals surface area contributed by atoms with Crippen LogP contribution in [0, 0.1) is 5.92 Å². The molecule has 0 aliphatic carbocycles. The molecule has 3 rings (SSSR count). The van der Waals surface area contributed by atoms with Gasteiger partial charge in [0, 0.05) is 51.7 Å². The Labute approximate surface area is 175 Å². The summed E-state index contributed by atoms with van der Waals surface area (Å²) >= 11 is 18.3. The third-order valence-electron chi connectivity index (χ3n) is 5.06. The van der Waals surface area contributed by atoms with Gasteiger partial charge < -0.3 is 10.2 Å². The van der Waals surface area contributed by atoms with E-state index in [9.17, 15) is 4.79 Å². The molecule has 0 unspecified atom stereocenters. The highest BCUT2D eigenvalue weighted by atomic mass is 35.5. The number of likely N-dealkylation sites (tertiary alicyclic amines) is 1. The number of hydrogen-bond donors (Lipinski definition) is 1. The molecule has 2 aromatic rings. The van der Waals surface area contributed by atoms with Crippen LogP contribution in [-0.2, 0) is 6.54 Å². The number of carbonyl (C=O) groups is 1. The summed E-state index contributed by atoms with van der Waals surface area (Å²) in [7, 11) is 0. The van der Waals surface area contributed by atoms with E-state index in [-0.39, 0.29) is 11.7 Å². The maximum Gasteiger partial charge on any atom is 0.166 e. The van der Waals surface area contributed by atoms with Crippen molar-refractivity contribution in [2.75, 3.05) is 26.2 Å². The lowest BCUT2D eigenvalue weighted by molar-refractivity contribution is 0.0841. The molecular weight excluding hydrogens is 403 g/mol. The minimum atomic E-state index is 0.109. The van der Waals surface area contributed by atoms with Gasteiger partial charge in [0.05, 0.1) is 0 Å². The van der Waals surface area contributed by atoms with E-state index in [1.54, 1.807) is 12.1 Å². The normalized spacial score (nSPS) is 15.8. The molecule has 1 heterocycles. The van der Waals surface area contributed by atoms with Crippen LogP contribution in [0.15, 0.2) is 42.5 Å². The first kappa shape index (κ1) is 20.6. The van der Waals surface area contributed by atoms with Crippen LogP contribution in [0.4, 0.5) is 0 Å². The number of piperidine rings is 1. The van der Waals surface area contributed by atoms with E-state index in [1.165, 1.54) is 0 Å². The van der Waals surface area contributed by atoms with Gasteiger partial charge in [-0.2, -0.15) is 0 Å². The number of halogens is 3. The minimum absolute atomic E-state index is 0.109. The molecule has 144 valence electrons. The molecule has 3 nitrogen and oxygen atoms in total. The number of ketones is 1. The summed E-state index contributed by atoms with van der Waals surface area (Å²) in [5.74, 6) is 0.343. The third kappa shape index (κ3) is 5.69. The molecule has 1 N–H and O–H groups in total. The Bertz CT molecular complexity index is 751. The monoisotopic (exact) mass is 424 g/mol. The highest BCUT2D eigenvalue weighted by Crippen LogP contribution is 2.24. The molecule has 27 heavy (non-hydrogen) atoms. The molecule has 2 aromatic carbocycles. The van der Waals surface area contributed by atoms with Gasteiger partial charge in [0.25, 0.3) is 0 Å². The molecule has 0 spiro atoms. The van der Waals surface area contributed by atoms with Gasteiger partial charge in [-0.3, -0.25) is 4.79 Å². The molecular formula is C21H23Cl3N2O. The van der Waals surface area contributed by atoms with Crippen molar-refractivity contribution in [3.63, 3.8) is 0 Å². The summed E-state index contributed by atoms with van der Waals surface area (Å²) in [5, 5.41) is 5.45. The van der Waals surface area contributed by atoms with E-state index in [0.29, 0.717) is 21.6 Å². The van der Waals surface area contributed by atoms with Crippen LogP contribution in [0.5, 0.6) is 0 Å². The van der Waals surface area contributed by atoms with Gasteiger partial charge in [-0.05, 0) is 62.3 Å². The van der Waals surface area contributed by atoms with Crippen molar-refractivity contribution in [1.82, 2.24) is 10.2 Å². The lowest BCUT2D eigenvalue weighted by Crippen LogP contribution is -2.39. The molecule has 6 heteroatoms. The number of benzene rings is 2. The molecule has 0 radical (unpaired) electrons. The first-order valence-corrected chi connectivity index (χ1v) is 10.3. The van der Waals surface area contributed by atoms with Crippen LogP contribution < -0.4 is 5.32 Å². The lowest BCUT2D eigenvalue weighted by atomic mass is 9.89. The second-order valence-corrected chi connectivity index (χ2v) is 8.11. The highest BCUT2D eigenvalue weighted by molar-refractivity contribution is 6.36. The van der Waals surface area contributed by atoms with E-state index in [0.717, 1.165) is 50.1 Å². The number of Topliss-reactive ketones (excluding diaryl/α,β-unsaturated/α-hetero) is 1. The van der Waals surface area contributed by atoms with Gasteiger partial charge in [0.1, 0.15) is 0 Å². The maximum atomic E-state index is 12.6. The van der Waals surface area contributed by atoms with Gasteiger partial charge in [-0.25, -0.2) is 0 Å². The molecule has 0 atom stereocenters. The molecule has 0 saturated carbocycles. The van der Waals surface area contributed by atoms with Crippen molar-refractivity contribution in [2.45, 2.75) is 19.4 Å². The summed E-state index contributed by atoms with van der Waals surface area (Å²) in [6, 6.07) is 12.8. The van der Waals surface area contributed by atoms with Crippen LogP contribution in [0.3, 0.4) is 0 Å². The summed E-state index contributed by atoms with van der Waals surface area (Å²) in [5.41, 5.74) is 1.70. The van der Waals surface area contributed by atoms with E-state index < -0.39 is 0 Å². The Balaban J connectivity index is 1.39. The largest absolute Gasteiger partial charge is 0.311 e. The summed E-state index contributed by atoms with van der Waals surface area (Å²) < 4.78 is 0. The number of hydrogen-bond acceptors (Lipinski definition) is 3. The Morgan fingerprint density at radius 3 is 2.26 bits per heavy atom. The van der Waals surface area contributed by atoms with Crippen LogP contribution >= 0.6 is 34.8 Å². The van der Waals surface area contributed by atoms with Gasteiger partial charge in [0.2, 0.25) is 0 Å². The van der Waals surface area contributed by atoms with E-state index in [2.05, 4.69) is 10.2 Å². The van der Waals surface area contributed by atoms with Crippen molar-refractivity contribution in [1.29, 1.82) is 0 Å². The first-order chi connectivity index (χ1) is 13.0. The number of nitrogens with zero attached hydrogens (tertiary/aromatic N) is 1. The zero-order valence-electron chi connectivity index (χ0n) is 15.1. The first-order valence-electron chi connectivity index (χ1n) is 9.20. The molecule has 1 aliphatic rings. The molecule has 0 amide bonds. The van der Waals surface area contributed by atoms with E-state index >= 15 is 0 Å². The van der Waals surface area contributed by atoms with Crippen LogP contribution in [-0.4, -0.2) is 36.9 Å². The van der Waals surface area contributed by atoms with Crippen LogP contribution in [0.25, 0.3) is 0 Å². The molecule has 0 bridgehead atoms. The minimum Gasteiger partial charge on any atom is -0.311 e. The highest BCUT2D eigenvalue weighted by Gasteiger charge is 2.25. The smallest absolute Gasteiger partial charge is 0.166 e. The number of nitrogens with one attached hydrogen (secondary N) is 1. The Morgan fingerprint density at radius 2 is 1.63 bits per heavy atom. The predicted molar refractivity (Wildman–Crippen MR) is 113 cm³/mol. The second-order valence-electron chi connectivity index (χ2n) is 6.86. The lowest BCUT2D eigenvalue weighted by Gasteiger charge is -2.31. The Kier molecular flexibility index (Phi) is 7.57. The fourth-order valence-electron chi connectivity index (χ4n) is 3.42. The maximum absolute atomic E-state index is 12.6. The van der Waals surface area contributed by atoms with Gasteiger partial charge >= 0.3 is 0 Å². The summed E-state index contributed by atoms with van der Waals surface area (Å²) in [6.45, 7) is 4.35. The average molecular weight is 426 g/mol. The van der Waals surface area contributed by atoms with Gasteiger partial charge in [-0.1, -0.05) is 40.9 Å². The molecule has 1 aliphatic heterocycles. The third-order valence-corrected chi connectivity index (χ3v) is 6.02. The zero-order valence-corrected chi connectivity index (χ0v) is 17.3.